The number of rotatable bonds is 6. The molecule has 3 aromatic carbocycles. The summed E-state index contributed by atoms with van der Waals surface area (Å²) in [6, 6.07) is 24.7. The molecule has 0 unspecified atom stereocenters. The summed E-state index contributed by atoms with van der Waals surface area (Å²) >= 11 is 1.88. The highest BCUT2D eigenvalue weighted by atomic mass is 32.2. The smallest absolute Gasteiger partial charge is 0.127 e. The number of nitrogens with one attached hydrogen (secondary N) is 1. The molecule has 5 rings (SSSR count). The molecule has 0 amide bonds. The van der Waals surface area contributed by atoms with E-state index in [4.69, 9.17) is 4.74 Å². The van der Waals surface area contributed by atoms with E-state index in [0.717, 1.165) is 42.4 Å². The SMILES string of the molecule is C(=C1CNCS1)c1ccc2ncn(CCc3ccc(Oc4ccccc4)cc3)c2c1. The normalized spacial score (nSPS) is 15.1. The van der Waals surface area contributed by atoms with Gasteiger partial charge in [0.1, 0.15) is 11.5 Å². The molecule has 4 aromatic rings. The Morgan fingerprint density at radius 2 is 1.83 bits per heavy atom. The second-order valence-electron chi connectivity index (χ2n) is 7.32. The van der Waals surface area contributed by atoms with Crippen molar-refractivity contribution >= 4 is 28.9 Å². The number of hydrogen-bond donors (Lipinski definition) is 1. The predicted octanol–water partition coefficient (Wildman–Crippen LogP) is 5.71. The van der Waals surface area contributed by atoms with Crippen molar-refractivity contribution in [2.45, 2.75) is 13.0 Å². The molecule has 1 aliphatic rings. The summed E-state index contributed by atoms with van der Waals surface area (Å²) < 4.78 is 8.12. The molecule has 0 saturated carbocycles. The minimum absolute atomic E-state index is 0.854. The molecule has 4 nitrogen and oxygen atoms in total. The first-order valence-corrected chi connectivity index (χ1v) is 11.1. The molecular weight excluding hydrogens is 390 g/mol. The van der Waals surface area contributed by atoms with Crippen LogP contribution in [0.5, 0.6) is 11.5 Å². The zero-order valence-corrected chi connectivity index (χ0v) is 17.4. The van der Waals surface area contributed by atoms with Gasteiger partial charge in [-0.1, -0.05) is 36.4 Å². The van der Waals surface area contributed by atoms with E-state index in [9.17, 15) is 0 Å². The lowest BCUT2D eigenvalue weighted by atomic mass is 10.1. The van der Waals surface area contributed by atoms with Gasteiger partial charge in [0.25, 0.3) is 0 Å². The van der Waals surface area contributed by atoms with Gasteiger partial charge < -0.3 is 14.6 Å². The van der Waals surface area contributed by atoms with Crippen LogP contribution < -0.4 is 10.1 Å². The van der Waals surface area contributed by atoms with Gasteiger partial charge in [-0.3, -0.25) is 0 Å². The third-order valence-corrected chi connectivity index (χ3v) is 6.16. The molecule has 30 heavy (non-hydrogen) atoms. The summed E-state index contributed by atoms with van der Waals surface area (Å²) in [5.74, 6) is 2.71. The molecular formula is C25H23N3OS. The number of hydrogen-bond acceptors (Lipinski definition) is 4. The predicted molar refractivity (Wildman–Crippen MR) is 125 cm³/mol. The molecule has 0 aliphatic carbocycles. The fourth-order valence-electron chi connectivity index (χ4n) is 3.59. The maximum absolute atomic E-state index is 5.88. The van der Waals surface area contributed by atoms with Crippen molar-refractivity contribution in [3.8, 4) is 11.5 Å². The van der Waals surface area contributed by atoms with Crippen LogP contribution in [-0.2, 0) is 13.0 Å². The van der Waals surface area contributed by atoms with Gasteiger partial charge in [0.15, 0.2) is 0 Å². The van der Waals surface area contributed by atoms with Crippen LogP contribution in [0.1, 0.15) is 11.1 Å². The van der Waals surface area contributed by atoms with Gasteiger partial charge in [-0.25, -0.2) is 4.98 Å². The minimum Gasteiger partial charge on any atom is -0.457 e. The third kappa shape index (κ3) is 4.42. The average Bonchev–Trinajstić information content (AvgIpc) is 3.44. The van der Waals surface area contributed by atoms with Crippen LogP contribution in [0.4, 0.5) is 0 Å². The fourth-order valence-corrected chi connectivity index (χ4v) is 4.40. The molecule has 1 fully saturated rings. The maximum Gasteiger partial charge on any atom is 0.127 e. The third-order valence-electron chi connectivity index (χ3n) is 5.18. The summed E-state index contributed by atoms with van der Waals surface area (Å²) in [4.78, 5) is 5.96. The first-order chi connectivity index (χ1) is 14.8. The molecule has 0 radical (unpaired) electrons. The van der Waals surface area contributed by atoms with E-state index in [1.54, 1.807) is 0 Å². The van der Waals surface area contributed by atoms with Crippen LogP contribution in [0.2, 0.25) is 0 Å². The van der Waals surface area contributed by atoms with Crippen molar-refractivity contribution in [3.63, 3.8) is 0 Å². The van der Waals surface area contributed by atoms with Crippen LogP contribution in [0, 0.1) is 0 Å². The van der Waals surface area contributed by atoms with Crippen molar-refractivity contribution in [2.75, 3.05) is 12.4 Å². The summed E-state index contributed by atoms with van der Waals surface area (Å²) in [7, 11) is 0. The van der Waals surface area contributed by atoms with E-state index >= 15 is 0 Å². The molecule has 0 bridgehead atoms. The lowest BCUT2D eigenvalue weighted by Crippen LogP contribution is -2.04. The standard InChI is InChI=1S/C25H23N3OS/c1-2-4-21(5-3-1)29-22-9-6-19(7-10-22)12-13-28-17-27-24-11-8-20(15-25(24)28)14-23-16-26-18-30-23/h1-11,14-15,17,26H,12-13,16,18H2. The monoisotopic (exact) mass is 413 g/mol. The van der Waals surface area contributed by atoms with Crippen LogP contribution in [0.25, 0.3) is 17.1 Å². The van der Waals surface area contributed by atoms with Gasteiger partial charge >= 0.3 is 0 Å². The first-order valence-electron chi connectivity index (χ1n) is 10.1. The fraction of sp³-hybridized carbons (Fsp3) is 0.160. The molecule has 2 heterocycles. The van der Waals surface area contributed by atoms with Crippen LogP contribution in [-0.4, -0.2) is 22.0 Å². The Balaban J connectivity index is 1.27. The van der Waals surface area contributed by atoms with Crippen LogP contribution >= 0.6 is 11.8 Å². The Morgan fingerprint density at radius 1 is 1.00 bits per heavy atom. The lowest BCUT2D eigenvalue weighted by Gasteiger charge is -2.08. The van der Waals surface area contributed by atoms with Crippen molar-refractivity contribution in [2.24, 2.45) is 0 Å². The summed E-state index contributed by atoms with van der Waals surface area (Å²) in [5, 5.41) is 3.36. The number of ether oxygens (including phenoxy) is 1. The topological polar surface area (TPSA) is 39.1 Å². The number of nitrogens with zero attached hydrogens (tertiary/aromatic N) is 2. The Labute approximate surface area is 180 Å². The van der Waals surface area contributed by atoms with E-state index in [1.165, 1.54) is 21.5 Å². The highest BCUT2D eigenvalue weighted by Gasteiger charge is 2.08. The van der Waals surface area contributed by atoms with Crippen molar-refractivity contribution < 1.29 is 4.74 Å². The molecule has 0 spiro atoms. The minimum atomic E-state index is 0.854. The number of benzene rings is 3. The van der Waals surface area contributed by atoms with E-state index in [2.05, 4.69) is 51.3 Å². The summed E-state index contributed by atoms with van der Waals surface area (Å²) in [6.45, 7) is 1.86. The quantitative estimate of drug-likeness (QED) is 0.440. The summed E-state index contributed by atoms with van der Waals surface area (Å²) in [6.07, 6.45) is 5.16. The summed E-state index contributed by atoms with van der Waals surface area (Å²) in [5.41, 5.74) is 4.74. The van der Waals surface area contributed by atoms with Crippen molar-refractivity contribution in [1.82, 2.24) is 14.9 Å². The number of aromatic nitrogens is 2. The van der Waals surface area contributed by atoms with Gasteiger partial charge in [-0.15, -0.1) is 11.8 Å². The van der Waals surface area contributed by atoms with E-state index in [-0.39, 0.29) is 0 Å². The highest BCUT2D eigenvalue weighted by Crippen LogP contribution is 2.25. The van der Waals surface area contributed by atoms with Crippen molar-refractivity contribution in [1.29, 1.82) is 0 Å². The molecule has 1 aliphatic heterocycles. The van der Waals surface area contributed by atoms with Crippen molar-refractivity contribution in [3.05, 3.63) is 95.2 Å². The van der Waals surface area contributed by atoms with Gasteiger partial charge in [-0.05, 0) is 60.0 Å². The van der Waals surface area contributed by atoms with Gasteiger partial charge in [0, 0.05) is 23.9 Å². The molecule has 150 valence electrons. The number of para-hydroxylation sites is 1. The molecule has 1 aromatic heterocycles. The Morgan fingerprint density at radius 3 is 2.63 bits per heavy atom. The van der Waals surface area contributed by atoms with Gasteiger partial charge in [-0.2, -0.15) is 0 Å². The average molecular weight is 414 g/mol. The van der Waals surface area contributed by atoms with Gasteiger partial charge in [0.2, 0.25) is 0 Å². The van der Waals surface area contributed by atoms with Crippen LogP contribution in [0.3, 0.4) is 0 Å². The largest absolute Gasteiger partial charge is 0.457 e. The number of imidazole rings is 1. The zero-order valence-electron chi connectivity index (χ0n) is 16.6. The number of fused-ring (bicyclic) bond motifs is 1. The second-order valence-corrected chi connectivity index (χ2v) is 8.42. The molecule has 5 heteroatoms. The van der Waals surface area contributed by atoms with Gasteiger partial charge in [0.05, 0.1) is 17.4 Å². The van der Waals surface area contributed by atoms with E-state index in [0.29, 0.717) is 0 Å². The molecule has 0 atom stereocenters. The Bertz CT molecular complexity index is 1160. The van der Waals surface area contributed by atoms with E-state index in [1.807, 2.05) is 60.6 Å². The number of thioether (sulfide) groups is 1. The highest BCUT2D eigenvalue weighted by molar-refractivity contribution is 8.03. The van der Waals surface area contributed by atoms with E-state index < -0.39 is 0 Å². The molecule has 1 N–H and O–H groups in total. The maximum atomic E-state index is 5.88. The second kappa shape index (κ2) is 8.78. The Kier molecular flexibility index (Phi) is 5.55. The Hall–Kier alpha value is -3.02. The zero-order chi connectivity index (χ0) is 20.2. The lowest BCUT2D eigenvalue weighted by molar-refractivity contribution is 0.482. The first kappa shape index (κ1) is 19.0. The molecule has 1 saturated heterocycles. The van der Waals surface area contributed by atoms with Crippen LogP contribution in [0.15, 0.2) is 84.0 Å². The number of aryl methyl sites for hydroxylation is 2.